The van der Waals surface area contributed by atoms with Crippen LogP contribution < -0.4 is 0 Å². The van der Waals surface area contributed by atoms with E-state index >= 15 is 0 Å². The predicted molar refractivity (Wildman–Crippen MR) is 77.4 cm³/mol. The van der Waals surface area contributed by atoms with Crippen molar-refractivity contribution in [2.24, 2.45) is 5.92 Å². The maximum atomic E-state index is 10.1. The van der Waals surface area contributed by atoms with E-state index in [4.69, 9.17) is 0 Å². The van der Waals surface area contributed by atoms with Gasteiger partial charge in [0.05, 0.1) is 0 Å². The van der Waals surface area contributed by atoms with E-state index in [2.05, 4.69) is 38.7 Å². The fourth-order valence-corrected chi connectivity index (χ4v) is 2.05. The molecule has 0 saturated heterocycles. The highest BCUT2D eigenvalue weighted by Gasteiger charge is 2.13. The van der Waals surface area contributed by atoms with Gasteiger partial charge in [-0.3, -0.25) is 0 Å². The lowest BCUT2D eigenvalue weighted by molar-refractivity contribution is 0.150. The van der Waals surface area contributed by atoms with Gasteiger partial charge in [0, 0.05) is 5.56 Å². The Morgan fingerprint density at radius 1 is 1.28 bits per heavy atom. The number of benzene rings is 1. The zero-order valence-corrected chi connectivity index (χ0v) is 11.7. The quantitative estimate of drug-likeness (QED) is 0.778. The third-order valence-electron chi connectivity index (χ3n) is 3.28. The summed E-state index contributed by atoms with van der Waals surface area (Å²) in [5.74, 6) is 6.38. The van der Waals surface area contributed by atoms with E-state index in [9.17, 15) is 5.11 Å². The maximum Gasteiger partial charge on any atom is 0.117 e. The highest BCUT2D eigenvalue weighted by molar-refractivity contribution is 5.37. The molecule has 1 nitrogen and oxygen atoms in total. The van der Waals surface area contributed by atoms with Crippen molar-refractivity contribution in [2.45, 2.75) is 52.6 Å². The van der Waals surface area contributed by atoms with Crippen molar-refractivity contribution < 1.29 is 5.11 Å². The number of hydrogen-bond acceptors (Lipinski definition) is 1. The van der Waals surface area contributed by atoms with Gasteiger partial charge in [-0.05, 0) is 43.4 Å². The summed E-state index contributed by atoms with van der Waals surface area (Å²) in [6.45, 7) is 6.35. The Bertz CT molecular complexity index is 411. The number of unbranched alkanes of at least 4 members (excludes halogenated alkanes) is 1. The number of hydrogen-bond donors (Lipinski definition) is 1. The lowest BCUT2D eigenvalue weighted by Crippen LogP contribution is -2.17. The van der Waals surface area contributed by atoms with Gasteiger partial charge < -0.3 is 5.11 Å². The van der Waals surface area contributed by atoms with Gasteiger partial charge >= 0.3 is 0 Å². The number of rotatable bonds is 5. The summed E-state index contributed by atoms with van der Waals surface area (Å²) in [5.41, 5.74) is 2.19. The monoisotopic (exact) mass is 244 g/mol. The second-order valence-electron chi connectivity index (χ2n) is 4.89. The van der Waals surface area contributed by atoms with Crippen molar-refractivity contribution in [3.63, 3.8) is 0 Å². The second kappa shape index (κ2) is 7.95. The molecule has 0 aliphatic rings. The molecule has 0 aliphatic heterocycles. The van der Waals surface area contributed by atoms with Gasteiger partial charge in [0.2, 0.25) is 0 Å². The Balaban J connectivity index is 2.65. The van der Waals surface area contributed by atoms with Crippen LogP contribution in [0.1, 0.15) is 50.7 Å². The van der Waals surface area contributed by atoms with Crippen molar-refractivity contribution in [3.05, 3.63) is 35.4 Å². The molecule has 0 fully saturated rings. The average Bonchev–Trinajstić information content (AvgIpc) is 2.37. The molecule has 98 valence electrons. The molecule has 1 N–H and O–H groups in total. The molecule has 0 aliphatic carbocycles. The van der Waals surface area contributed by atoms with Crippen LogP contribution in [0, 0.1) is 24.7 Å². The molecule has 0 saturated carbocycles. The Kier molecular flexibility index (Phi) is 6.54. The summed E-state index contributed by atoms with van der Waals surface area (Å²) in [4.78, 5) is 0. The summed E-state index contributed by atoms with van der Waals surface area (Å²) >= 11 is 0. The minimum absolute atomic E-state index is 0.308. The summed E-state index contributed by atoms with van der Waals surface area (Å²) in [5, 5.41) is 10.1. The third-order valence-corrected chi connectivity index (χ3v) is 3.28. The highest BCUT2D eigenvalue weighted by atomic mass is 16.3. The molecule has 0 spiro atoms. The summed E-state index contributed by atoms with van der Waals surface area (Å²) < 4.78 is 0. The van der Waals surface area contributed by atoms with Crippen LogP contribution in [0.25, 0.3) is 0 Å². The van der Waals surface area contributed by atoms with Crippen LogP contribution in [-0.4, -0.2) is 11.2 Å². The van der Waals surface area contributed by atoms with Gasteiger partial charge in [-0.25, -0.2) is 0 Å². The first-order valence-corrected chi connectivity index (χ1v) is 6.93. The van der Waals surface area contributed by atoms with E-state index < -0.39 is 6.10 Å². The van der Waals surface area contributed by atoms with Gasteiger partial charge in [-0.1, -0.05) is 50.7 Å². The largest absolute Gasteiger partial charge is 0.380 e. The first-order valence-electron chi connectivity index (χ1n) is 6.93. The number of aryl methyl sites for hydroxylation is 1. The normalized spacial score (nSPS) is 13.6. The van der Waals surface area contributed by atoms with Gasteiger partial charge in [-0.15, -0.1) is 0 Å². The van der Waals surface area contributed by atoms with Crippen LogP contribution in [0.2, 0.25) is 0 Å². The van der Waals surface area contributed by atoms with E-state index in [0.29, 0.717) is 5.92 Å². The smallest absolute Gasteiger partial charge is 0.117 e. The Morgan fingerprint density at radius 3 is 2.67 bits per heavy atom. The highest BCUT2D eigenvalue weighted by Crippen LogP contribution is 2.16. The van der Waals surface area contributed by atoms with Gasteiger partial charge in [0.15, 0.2) is 0 Å². The van der Waals surface area contributed by atoms with E-state index in [-0.39, 0.29) is 0 Å². The predicted octanol–water partition coefficient (Wildman–Crippen LogP) is 3.92. The standard InChI is InChI=1S/C17H24O/c1-4-6-10-16(5-2)17(18)12-11-15-9-7-8-14(3)13-15/h7-9,13,16-18H,4-6,10H2,1-3H3. The number of aliphatic hydroxyl groups excluding tert-OH is 1. The Hall–Kier alpha value is -1.26. The molecular weight excluding hydrogens is 220 g/mol. The van der Waals surface area contributed by atoms with E-state index in [1.807, 2.05) is 18.2 Å². The van der Waals surface area contributed by atoms with Gasteiger partial charge in [0.25, 0.3) is 0 Å². The summed E-state index contributed by atoms with van der Waals surface area (Å²) in [7, 11) is 0. The molecule has 0 amide bonds. The molecule has 1 heteroatoms. The molecule has 1 rings (SSSR count). The molecule has 0 aromatic heterocycles. The van der Waals surface area contributed by atoms with Crippen molar-refractivity contribution >= 4 is 0 Å². The zero-order valence-electron chi connectivity index (χ0n) is 11.7. The van der Waals surface area contributed by atoms with E-state index in [1.165, 1.54) is 18.4 Å². The van der Waals surface area contributed by atoms with Crippen molar-refractivity contribution in [3.8, 4) is 11.8 Å². The summed E-state index contributed by atoms with van der Waals surface area (Å²) in [6.07, 6.45) is 3.90. The molecule has 2 atom stereocenters. The van der Waals surface area contributed by atoms with Crippen molar-refractivity contribution in [1.29, 1.82) is 0 Å². The molecule has 0 heterocycles. The molecular formula is C17H24O. The minimum Gasteiger partial charge on any atom is -0.380 e. The maximum absolute atomic E-state index is 10.1. The molecule has 2 unspecified atom stereocenters. The Morgan fingerprint density at radius 2 is 2.06 bits per heavy atom. The van der Waals surface area contributed by atoms with Crippen molar-refractivity contribution in [1.82, 2.24) is 0 Å². The summed E-state index contributed by atoms with van der Waals surface area (Å²) in [6, 6.07) is 8.09. The SMILES string of the molecule is CCCCC(CC)C(O)C#Cc1cccc(C)c1. The number of aliphatic hydroxyl groups is 1. The molecule has 18 heavy (non-hydrogen) atoms. The topological polar surface area (TPSA) is 20.2 Å². The van der Waals surface area contributed by atoms with Gasteiger partial charge in [-0.2, -0.15) is 0 Å². The fraction of sp³-hybridized carbons (Fsp3) is 0.529. The van der Waals surface area contributed by atoms with Crippen LogP contribution >= 0.6 is 0 Å². The van der Waals surface area contributed by atoms with E-state index in [0.717, 1.165) is 18.4 Å². The molecule has 0 radical (unpaired) electrons. The van der Waals surface area contributed by atoms with Gasteiger partial charge in [0.1, 0.15) is 6.10 Å². The first kappa shape index (κ1) is 14.8. The third kappa shape index (κ3) is 4.94. The lowest BCUT2D eigenvalue weighted by atomic mass is 9.93. The molecule has 1 aromatic rings. The van der Waals surface area contributed by atoms with E-state index in [1.54, 1.807) is 0 Å². The molecule has 1 aromatic carbocycles. The van der Waals surface area contributed by atoms with Crippen molar-refractivity contribution in [2.75, 3.05) is 0 Å². The average molecular weight is 244 g/mol. The lowest BCUT2D eigenvalue weighted by Gasteiger charge is -2.16. The first-order chi connectivity index (χ1) is 8.67. The fourth-order valence-electron chi connectivity index (χ4n) is 2.05. The molecule has 0 bridgehead atoms. The minimum atomic E-state index is -0.498. The van der Waals surface area contributed by atoms with Crippen LogP contribution in [0.15, 0.2) is 24.3 Å². The van der Waals surface area contributed by atoms with Crippen LogP contribution in [0.5, 0.6) is 0 Å². The Labute approximate surface area is 111 Å². The van der Waals surface area contributed by atoms with Crippen LogP contribution in [0.3, 0.4) is 0 Å². The zero-order chi connectivity index (χ0) is 13.4. The second-order valence-corrected chi connectivity index (χ2v) is 4.89. The van der Waals surface area contributed by atoms with Crippen LogP contribution in [-0.2, 0) is 0 Å². The van der Waals surface area contributed by atoms with Crippen LogP contribution in [0.4, 0.5) is 0 Å².